The van der Waals surface area contributed by atoms with Crippen LogP contribution in [0.25, 0.3) is 11.0 Å². The highest BCUT2D eigenvalue weighted by molar-refractivity contribution is 5.80. The van der Waals surface area contributed by atoms with E-state index in [0.29, 0.717) is 12.5 Å². The average molecular weight is 420 g/mol. The van der Waals surface area contributed by atoms with E-state index < -0.39 is 0 Å². The Labute approximate surface area is 185 Å². The molecule has 0 radical (unpaired) electrons. The second kappa shape index (κ2) is 11.0. The van der Waals surface area contributed by atoms with Crippen molar-refractivity contribution in [2.45, 2.75) is 32.9 Å². The van der Waals surface area contributed by atoms with Crippen LogP contribution in [0.15, 0.2) is 65.9 Å². The quantitative estimate of drug-likeness (QED) is 0.324. The first-order valence-corrected chi connectivity index (χ1v) is 11.4. The van der Waals surface area contributed by atoms with Crippen LogP contribution in [0.5, 0.6) is 0 Å². The van der Waals surface area contributed by atoms with E-state index in [1.165, 1.54) is 11.1 Å². The lowest BCUT2D eigenvalue weighted by Crippen LogP contribution is -2.40. The van der Waals surface area contributed by atoms with E-state index in [1.54, 1.807) is 0 Å². The summed E-state index contributed by atoms with van der Waals surface area (Å²) >= 11 is 0. The smallest absolute Gasteiger partial charge is 0.193 e. The summed E-state index contributed by atoms with van der Waals surface area (Å²) < 4.78 is 8.19. The summed E-state index contributed by atoms with van der Waals surface area (Å²) in [6.45, 7) is 8.29. The van der Waals surface area contributed by atoms with Crippen molar-refractivity contribution in [3.05, 3.63) is 66.5 Å². The predicted molar refractivity (Wildman–Crippen MR) is 126 cm³/mol. The Bertz CT molecular complexity index is 968. The molecule has 2 aromatic carbocycles. The molecule has 1 atom stereocenters. The first kappa shape index (κ1) is 21.4. The van der Waals surface area contributed by atoms with Gasteiger partial charge in [-0.25, -0.2) is 4.98 Å². The molecule has 0 bridgehead atoms. The molecule has 1 fully saturated rings. The van der Waals surface area contributed by atoms with Gasteiger partial charge in [-0.3, -0.25) is 4.99 Å². The molecule has 1 aromatic heterocycles. The van der Waals surface area contributed by atoms with Gasteiger partial charge in [0, 0.05) is 38.6 Å². The van der Waals surface area contributed by atoms with Crippen molar-refractivity contribution in [3.8, 4) is 0 Å². The molecule has 3 aromatic rings. The van der Waals surface area contributed by atoms with Crippen molar-refractivity contribution in [1.82, 2.24) is 19.8 Å². The van der Waals surface area contributed by atoms with E-state index in [4.69, 9.17) is 9.73 Å². The van der Waals surface area contributed by atoms with Gasteiger partial charge >= 0.3 is 0 Å². The van der Waals surface area contributed by atoms with Crippen molar-refractivity contribution in [2.75, 3.05) is 32.8 Å². The molecule has 1 aliphatic heterocycles. The van der Waals surface area contributed by atoms with Gasteiger partial charge in [0.05, 0.1) is 30.6 Å². The maximum Gasteiger partial charge on any atom is 0.193 e. The molecule has 1 saturated heterocycles. The van der Waals surface area contributed by atoms with E-state index in [-0.39, 0.29) is 0 Å². The summed E-state index contributed by atoms with van der Waals surface area (Å²) in [7, 11) is 0. The minimum atomic E-state index is 0.560. The fourth-order valence-electron chi connectivity index (χ4n) is 4.12. The number of aromatic nitrogens is 2. The first-order chi connectivity index (χ1) is 15.3. The van der Waals surface area contributed by atoms with E-state index in [0.717, 1.165) is 63.6 Å². The summed E-state index contributed by atoms with van der Waals surface area (Å²) in [5, 5.41) is 3.47. The number of guanidine groups is 1. The number of benzene rings is 2. The SMILES string of the molecule is CCNC(=NCCCn1cnc2ccccc21)N1CCC(COCc2ccccc2)C1. The van der Waals surface area contributed by atoms with Crippen molar-refractivity contribution < 1.29 is 4.74 Å². The molecule has 6 nitrogen and oxygen atoms in total. The van der Waals surface area contributed by atoms with Gasteiger partial charge in [-0.15, -0.1) is 0 Å². The number of likely N-dealkylation sites (tertiary alicyclic amines) is 1. The van der Waals surface area contributed by atoms with Crippen LogP contribution in [-0.4, -0.2) is 53.2 Å². The minimum absolute atomic E-state index is 0.560. The highest BCUT2D eigenvalue weighted by Gasteiger charge is 2.24. The first-order valence-electron chi connectivity index (χ1n) is 11.4. The Morgan fingerprint density at radius 3 is 2.87 bits per heavy atom. The van der Waals surface area contributed by atoms with Crippen LogP contribution < -0.4 is 5.32 Å². The maximum atomic E-state index is 5.97. The third-order valence-corrected chi connectivity index (χ3v) is 5.73. The third-order valence-electron chi connectivity index (χ3n) is 5.73. The molecule has 1 unspecified atom stereocenters. The van der Waals surface area contributed by atoms with E-state index >= 15 is 0 Å². The van der Waals surface area contributed by atoms with Gasteiger partial charge in [0.2, 0.25) is 0 Å². The van der Waals surface area contributed by atoms with Gasteiger partial charge in [-0.2, -0.15) is 0 Å². The standard InChI is InChI=1S/C25H33N5O/c1-2-26-25(27-14-8-15-30-20-28-23-11-6-7-12-24(23)30)29-16-13-22(17-29)19-31-18-21-9-4-3-5-10-21/h3-7,9-12,20,22H,2,8,13-19H2,1H3,(H,26,27). The number of nitrogens with zero attached hydrogens (tertiary/aromatic N) is 4. The topological polar surface area (TPSA) is 54.7 Å². The molecule has 2 heterocycles. The number of aryl methyl sites for hydroxylation is 1. The summed E-state index contributed by atoms with van der Waals surface area (Å²) in [6, 6.07) is 18.7. The summed E-state index contributed by atoms with van der Waals surface area (Å²) in [4.78, 5) is 11.7. The van der Waals surface area contributed by atoms with Crippen LogP contribution >= 0.6 is 0 Å². The van der Waals surface area contributed by atoms with Crippen LogP contribution in [0.2, 0.25) is 0 Å². The number of rotatable bonds is 9. The van der Waals surface area contributed by atoms with Crippen LogP contribution in [0, 0.1) is 5.92 Å². The second-order valence-corrected chi connectivity index (χ2v) is 8.12. The molecule has 164 valence electrons. The number of ether oxygens (including phenoxy) is 1. The molecule has 1 aliphatic rings. The van der Waals surface area contributed by atoms with Gasteiger partial charge in [-0.05, 0) is 37.5 Å². The highest BCUT2D eigenvalue weighted by atomic mass is 16.5. The molecule has 31 heavy (non-hydrogen) atoms. The van der Waals surface area contributed by atoms with Gasteiger partial charge in [0.15, 0.2) is 5.96 Å². The molecule has 4 rings (SSSR count). The number of aliphatic imine (C=N–C) groups is 1. The van der Waals surface area contributed by atoms with Crippen molar-refractivity contribution >= 4 is 17.0 Å². The number of nitrogens with one attached hydrogen (secondary N) is 1. The molecule has 0 spiro atoms. The van der Waals surface area contributed by atoms with Crippen molar-refractivity contribution in [1.29, 1.82) is 0 Å². The van der Waals surface area contributed by atoms with Crippen LogP contribution in [0.1, 0.15) is 25.3 Å². The molecule has 0 amide bonds. The summed E-state index contributed by atoms with van der Waals surface area (Å²) in [5.74, 6) is 1.59. The Hall–Kier alpha value is -2.86. The maximum absolute atomic E-state index is 5.97. The van der Waals surface area contributed by atoms with Crippen LogP contribution in [-0.2, 0) is 17.9 Å². The van der Waals surface area contributed by atoms with Crippen LogP contribution in [0.4, 0.5) is 0 Å². The van der Waals surface area contributed by atoms with Gasteiger partial charge in [0.25, 0.3) is 0 Å². The van der Waals surface area contributed by atoms with Gasteiger partial charge in [-0.1, -0.05) is 42.5 Å². The Morgan fingerprint density at radius 1 is 1.16 bits per heavy atom. The number of para-hydroxylation sites is 2. The Kier molecular flexibility index (Phi) is 7.56. The number of hydrogen-bond donors (Lipinski definition) is 1. The number of fused-ring (bicyclic) bond motifs is 1. The molecule has 1 N–H and O–H groups in total. The normalized spacial score (nSPS) is 16.9. The number of imidazole rings is 1. The van der Waals surface area contributed by atoms with E-state index in [2.05, 4.69) is 69.2 Å². The Balaban J connectivity index is 1.23. The van der Waals surface area contributed by atoms with Gasteiger partial charge < -0.3 is 19.5 Å². The third kappa shape index (κ3) is 5.85. The fraction of sp³-hybridized carbons (Fsp3) is 0.440. The lowest BCUT2D eigenvalue weighted by molar-refractivity contribution is 0.0907. The lowest BCUT2D eigenvalue weighted by atomic mass is 10.1. The van der Waals surface area contributed by atoms with Crippen molar-refractivity contribution in [2.24, 2.45) is 10.9 Å². The predicted octanol–water partition coefficient (Wildman–Crippen LogP) is 3.93. The van der Waals surface area contributed by atoms with Gasteiger partial charge in [0.1, 0.15) is 0 Å². The van der Waals surface area contributed by atoms with E-state index in [1.807, 2.05) is 18.5 Å². The molecular formula is C25H33N5O. The van der Waals surface area contributed by atoms with Crippen molar-refractivity contribution in [3.63, 3.8) is 0 Å². The van der Waals surface area contributed by atoms with Crippen LogP contribution in [0.3, 0.4) is 0 Å². The minimum Gasteiger partial charge on any atom is -0.376 e. The summed E-state index contributed by atoms with van der Waals surface area (Å²) in [5.41, 5.74) is 3.48. The second-order valence-electron chi connectivity index (χ2n) is 8.12. The monoisotopic (exact) mass is 419 g/mol. The molecular weight excluding hydrogens is 386 g/mol. The molecule has 0 saturated carbocycles. The lowest BCUT2D eigenvalue weighted by Gasteiger charge is -2.21. The highest BCUT2D eigenvalue weighted by Crippen LogP contribution is 2.18. The Morgan fingerprint density at radius 2 is 2.00 bits per heavy atom. The van der Waals surface area contributed by atoms with E-state index in [9.17, 15) is 0 Å². The fourth-order valence-corrected chi connectivity index (χ4v) is 4.12. The zero-order chi connectivity index (χ0) is 21.3. The average Bonchev–Trinajstić information content (AvgIpc) is 3.44. The molecule has 6 heteroatoms. The zero-order valence-electron chi connectivity index (χ0n) is 18.4. The zero-order valence-corrected chi connectivity index (χ0v) is 18.4. The number of hydrogen-bond acceptors (Lipinski definition) is 3. The summed E-state index contributed by atoms with van der Waals surface area (Å²) in [6.07, 6.45) is 4.08. The largest absolute Gasteiger partial charge is 0.376 e. The molecule has 0 aliphatic carbocycles.